The van der Waals surface area contributed by atoms with Gasteiger partial charge in [-0.3, -0.25) is 49.3 Å². The van der Waals surface area contributed by atoms with Gasteiger partial charge in [-0.1, -0.05) is 68.1 Å². The minimum Gasteiger partial charge on any atom is -1.00 e. The van der Waals surface area contributed by atoms with Gasteiger partial charge in [0.25, 0.3) is 18.5 Å². The number of aromatic nitrogens is 10. The van der Waals surface area contributed by atoms with Gasteiger partial charge in [-0.25, -0.2) is 24.2 Å². The molecule has 4 N–H and O–H groups in total. The van der Waals surface area contributed by atoms with Crippen molar-refractivity contribution in [3.8, 4) is 52.3 Å². The monoisotopic (exact) mass is 1830 g/mol. The molecule has 12 rings (SSSR count). The molecule has 125 heavy (non-hydrogen) atoms. The number of aldehydes is 2. The first kappa shape index (κ1) is 112. The van der Waals surface area contributed by atoms with E-state index < -0.39 is 56.8 Å². The van der Waals surface area contributed by atoms with Gasteiger partial charge in [0, 0.05) is 39.9 Å². The number of nitrogens with two attached hydrogens (primary N) is 1. The van der Waals surface area contributed by atoms with Gasteiger partial charge in [0.15, 0.2) is 18.3 Å². The molecular weight excluding hydrogens is 1740 g/mol. The van der Waals surface area contributed by atoms with Crippen molar-refractivity contribution in [1.82, 2.24) is 55.2 Å². The number of carbonyl (C=O) groups is 9. The van der Waals surface area contributed by atoms with Crippen molar-refractivity contribution in [2.24, 2.45) is 10.7 Å². The molecule has 38 nitrogen and oxygen atoms in total. The second-order valence-electron chi connectivity index (χ2n) is 22.8. The number of Topliss-reactive ketones (excluding diaryl/α,β-unsaturated/α-hetero) is 1. The van der Waals surface area contributed by atoms with Gasteiger partial charge >= 0.3 is 123 Å². The van der Waals surface area contributed by atoms with Gasteiger partial charge in [0.1, 0.15) is 75.2 Å². The van der Waals surface area contributed by atoms with E-state index in [0.717, 1.165) is 17.4 Å². The maximum Gasteiger partial charge on any atom is 2.00 e. The number of carbonyl (C=O) groups excluding carboxylic acids is 9. The number of ether oxygens (including phenoxy) is 10. The van der Waals surface area contributed by atoms with Crippen LogP contribution < -0.4 is 72.5 Å². The molecular formula is C83H94ClMgN14NaO24Se. The Kier molecular flexibility index (Phi) is 58.9. The van der Waals surface area contributed by atoms with Gasteiger partial charge in [0.2, 0.25) is 0 Å². The molecule has 0 saturated heterocycles. The number of hydrogen-bond acceptors (Lipinski definition) is 37. The molecule has 656 valence electrons. The topological polar surface area (TPSA) is 529 Å². The van der Waals surface area contributed by atoms with Crippen LogP contribution >= 0.6 is 0 Å². The standard InChI is InChI=1S/C19H15N3O3.C14H17N3O3.C14H15N3O3.C13H12N2O5.C7H7.C6H5NO.C6H10O3.C2H6N2O.CH2O3.CH4.ClH.Mg.Na.O2Se.H2/c1-24-19-21-16(13-9-5-6-10-20-13)15-17(22-19)14(25-18(15)23)11-12-7-3-2-4-8-12;2*1-4-20-13(18)11-9(2)16-14(19-3)17-12(11)10-7-5-6-8-15-10;1-3-19-12(17)10-8(7-16)14-13(18-2)15-11(10)9-5-4-6-20-9;1-7-5-3-2-4-6-7;8-5-6-3-1-2-4-7-6;1-3-9-6(8)4-5(2)7;1-5-2(3)4;2-1-4-3;;;;;1-3-2;/h2-10,14H,11H2,1H3;5-8,12H,4H2,1-3H3,(H,16,17);5-8H,4H2,1-3H3;4-7H,3H2,1-2H3;2-6H,1H2;1-5H;3-4H2,1-2H3;1H3,(H3,3,4);1,3H;1H4;1H;;;;1H/q;;;;-1;;;;;;;+2;+1;;/p-2/i;;;;;;;;;;;;;;1+1D. The van der Waals surface area contributed by atoms with Crippen LogP contribution in [0.3, 0.4) is 0 Å². The Morgan fingerprint density at radius 2 is 1.10 bits per heavy atom. The van der Waals surface area contributed by atoms with E-state index >= 15 is 0 Å². The van der Waals surface area contributed by atoms with Gasteiger partial charge in [-0.2, -0.15) is 54.5 Å². The maximum absolute atomic E-state index is 12.5. The molecule has 0 aliphatic carbocycles. The van der Waals surface area contributed by atoms with E-state index in [1.165, 1.54) is 48.7 Å². The fourth-order valence-corrected chi connectivity index (χ4v) is 9.60. The number of nitrogens with one attached hydrogen (secondary N) is 2. The van der Waals surface area contributed by atoms with Crippen molar-refractivity contribution in [2.75, 3.05) is 62.0 Å². The molecule has 2 aliphatic heterocycles. The molecule has 2 unspecified atom stereocenters. The molecule has 0 amide bonds. The molecule has 42 heteroatoms. The van der Waals surface area contributed by atoms with Crippen LogP contribution in [-0.4, -0.2) is 216 Å². The van der Waals surface area contributed by atoms with Crippen molar-refractivity contribution in [2.45, 2.75) is 80.9 Å². The summed E-state index contributed by atoms with van der Waals surface area (Å²) < 4.78 is 81.7. The number of halogens is 1. The minimum absolute atomic E-state index is 0. The van der Waals surface area contributed by atoms with Crippen LogP contribution in [0.25, 0.3) is 34.2 Å². The van der Waals surface area contributed by atoms with Crippen molar-refractivity contribution < 1.29 is 158 Å². The van der Waals surface area contributed by atoms with Crippen molar-refractivity contribution >= 4 is 105 Å². The zero-order valence-corrected chi connectivity index (χ0v) is 75.8. The summed E-state index contributed by atoms with van der Waals surface area (Å²) >= 11 is -1.62. The summed E-state index contributed by atoms with van der Waals surface area (Å²) in [7, 11) is 7.20. The summed E-state index contributed by atoms with van der Waals surface area (Å²) in [5.41, 5.74) is 12.8. The molecule has 2 atom stereocenters. The van der Waals surface area contributed by atoms with E-state index in [0.29, 0.717) is 106 Å². The number of ketones is 1. The van der Waals surface area contributed by atoms with Gasteiger partial charge < -0.3 is 85.4 Å². The van der Waals surface area contributed by atoms with Gasteiger partial charge in [-0.05, 0) is 115 Å². The number of furan rings is 1. The number of methoxy groups -OCH3 is 5. The average Bonchev–Trinajstić information content (AvgIpc) is 1.64. The number of fused-ring (bicyclic) bond motifs is 1. The number of nitrogens with zero attached hydrogens (tertiary/aromatic N) is 11. The Bertz CT molecular complexity index is 5050. The van der Waals surface area contributed by atoms with E-state index in [4.69, 9.17) is 68.4 Å². The van der Waals surface area contributed by atoms with Crippen molar-refractivity contribution in [3.05, 3.63) is 251 Å². The number of rotatable bonds is 21. The maximum atomic E-state index is 12.5. The minimum atomic E-state index is -1.62. The number of esters is 5. The first-order valence-corrected chi connectivity index (χ1v) is 37.1. The van der Waals surface area contributed by atoms with Crippen LogP contribution in [0.4, 0.5) is 0 Å². The molecule has 0 radical (unpaired) electrons. The quantitative estimate of drug-likeness (QED) is 0.00885. The molecule has 10 aromatic rings. The third kappa shape index (κ3) is 40.3. The predicted octanol–water partition coefficient (Wildman–Crippen LogP) is 3.48. The first-order valence-electron chi connectivity index (χ1n) is 36.7. The third-order valence-corrected chi connectivity index (χ3v) is 14.6. The molecule has 2 aromatic carbocycles. The fraction of sp³-hybridized carbons (Fsp3) is 0.253. The van der Waals surface area contributed by atoms with Crippen molar-refractivity contribution in [1.29, 1.82) is 5.41 Å². The Morgan fingerprint density at radius 1 is 0.624 bits per heavy atom. The van der Waals surface area contributed by atoms with Crippen LogP contribution in [0.5, 0.6) is 18.0 Å². The number of pyridine rings is 4. The largest absolute Gasteiger partial charge is 2.00 e. The number of aliphatic imine (C=N–C) groups is 1. The SMILES string of the molecule is C.CCOC(=O)C1=C(C)NC(OC)=NC1c1ccccn1.CCOC(=O)CC(C)=O.CCOC(=O)c1c(C)nc(OC)nc1-c1ccccn1.CCOC(=O)c1c(C=O)nc(OC)nc1-c1ccco1.COC(=N)N.COc1nc(-c2ccccn2)c2c(n1)C(Cc1ccccc1)OC2=O.O=CO[O-].O=Cc1ccccn1.O=[Se]=O.[2H][2H].[CH2-]c1ccccc1.[Cl-].[Mg+2].[Na+]. The van der Waals surface area contributed by atoms with E-state index in [-0.39, 0.29) is 145 Å². The number of aryl methyl sites for hydroxylation is 1. The Morgan fingerprint density at radius 3 is 1.54 bits per heavy atom. The molecule has 0 saturated carbocycles. The Labute approximate surface area is 774 Å². The fourth-order valence-electron chi connectivity index (χ4n) is 9.60. The normalized spacial score (nSPS) is 11.5. The van der Waals surface area contributed by atoms with E-state index in [9.17, 15) is 38.4 Å². The molecule has 2 aliphatic rings. The third-order valence-electron chi connectivity index (χ3n) is 14.6. The van der Waals surface area contributed by atoms with Crippen LogP contribution in [0.1, 0.15) is 151 Å². The molecule has 10 heterocycles. The summed E-state index contributed by atoms with van der Waals surface area (Å²) in [4.78, 5) is 148. The number of allylic oxidation sites excluding steroid dienone is 1. The number of benzene rings is 2. The summed E-state index contributed by atoms with van der Waals surface area (Å²) in [6.45, 7) is 16.4. The summed E-state index contributed by atoms with van der Waals surface area (Å²) in [5, 5.41) is 17.7. The number of hydrogen-bond donors (Lipinski definition) is 3. The zero-order chi connectivity index (χ0) is 91.4. The van der Waals surface area contributed by atoms with E-state index in [2.05, 4.69) is 87.2 Å². The van der Waals surface area contributed by atoms with Crippen LogP contribution in [-0.2, 0) is 71.3 Å². The number of amidine groups is 2. The van der Waals surface area contributed by atoms with Crippen LogP contribution in [0.2, 0.25) is 0 Å². The summed E-state index contributed by atoms with van der Waals surface area (Å²) in [5.74, 6) is -2.27. The van der Waals surface area contributed by atoms with E-state index in [1.807, 2.05) is 91.0 Å². The van der Waals surface area contributed by atoms with E-state index in [1.54, 1.807) is 121 Å². The first-order chi connectivity index (χ1) is 59.4. The second kappa shape index (κ2) is 65.7. The summed E-state index contributed by atoms with van der Waals surface area (Å²) in [6.07, 6.45) is 9.11. The molecule has 8 aromatic heterocycles. The second-order valence-corrected chi connectivity index (χ2v) is 23.0. The van der Waals surface area contributed by atoms with Gasteiger partial charge in [-0.15, -0.1) is 12.1 Å². The molecule has 0 bridgehead atoms. The van der Waals surface area contributed by atoms with Crippen LogP contribution in [0, 0.1) is 19.3 Å². The van der Waals surface area contributed by atoms with Crippen molar-refractivity contribution in [3.63, 3.8) is 0 Å². The number of cyclic esters (lactones) is 1. The zero-order valence-electron chi connectivity index (χ0n) is 71.9. The Balaban J connectivity index is -0.00000141. The molecule has 0 spiro atoms. The Hall–Kier alpha value is -12.9. The molecule has 0 fully saturated rings. The van der Waals surface area contributed by atoms with Crippen LogP contribution in [0.15, 0.2) is 197 Å². The summed E-state index contributed by atoms with van der Waals surface area (Å²) in [6, 6.07) is 44.4. The average molecular weight is 1840 g/mol. The smallest absolute Gasteiger partial charge is 1.00 e. The van der Waals surface area contributed by atoms with Gasteiger partial charge in [0.05, 0.1) is 96.6 Å². The predicted molar refractivity (Wildman–Crippen MR) is 444 cm³/mol.